The van der Waals surface area contributed by atoms with Crippen LogP contribution in [0.15, 0.2) is 0 Å². The van der Waals surface area contributed by atoms with Crippen molar-refractivity contribution in [3.05, 3.63) is 0 Å². The summed E-state index contributed by atoms with van der Waals surface area (Å²) in [5, 5.41) is 9.99. The van der Waals surface area contributed by atoms with E-state index in [0.717, 1.165) is 37.0 Å². The molecule has 1 heteroatoms. The van der Waals surface area contributed by atoms with Crippen molar-refractivity contribution < 1.29 is 5.11 Å². The van der Waals surface area contributed by atoms with Gasteiger partial charge < -0.3 is 5.11 Å². The highest BCUT2D eigenvalue weighted by Gasteiger charge is 2.56. The highest BCUT2D eigenvalue weighted by atomic mass is 16.3. The molecular weight excluding hydrogens is 172 g/mol. The Morgan fingerprint density at radius 3 is 2.43 bits per heavy atom. The van der Waals surface area contributed by atoms with Crippen molar-refractivity contribution in [2.24, 2.45) is 23.2 Å². The first kappa shape index (κ1) is 9.21. The molecule has 4 aliphatic rings. The van der Waals surface area contributed by atoms with Crippen LogP contribution in [0, 0.1) is 23.2 Å². The Morgan fingerprint density at radius 2 is 1.93 bits per heavy atom. The monoisotopic (exact) mass is 194 g/mol. The predicted molar refractivity (Wildman–Crippen MR) is 56.9 cm³/mol. The number of hydrogen-bond acceptors (Lipinski definition) is 1. The van der Waals surface area contributed by atoms with Crippen molar-refractivity contribution in [1.82, 2.24) is 0 Å². The largest absolute Gasteiger partial charge is 0.390 e. The van der Waals surface area contributed by atoms with E-state index in [0.29, 0.717) is 5.41 Å². The Labute approximate surface area is 86.9 Å². The van der Waals surface area contributed by atoms with Crippen LogP contribution in [0.2, 0.25) is 0 Å². The Balaban J connectivity index is 1.69. The van der Waals surface area contributed by atoms with Gasteiger partial charge in [0.15, 0.2) is 0 Å². The van der Waals surface area contributed by atoms with E-state index < -0.39 is 0 Å². The van der Waals surface area contributed by atoms with Crippen molar-refractivity contribution in [2.45, 2.75) is 58.0 Å². The molecule has 1 N–H and O–H groups in total. The van der Waals surface area contributed by atoms with Crippen LogP contribution in [0.1, 0.15) is 52.4 Å². The van der Waals surface area contributed by atoms with E-state index in [1.165, 1.54) is 19.3 Å². The molecule has 4 aliphatic carbocycles. The third-order valence-corrected chi connectivity index (χ3v) is 5.47. The summed E-state index contributed by atoms with van der Waals surface area (Å²) in [5.74, 6) is 2.76. The summed E-state index contributed by atoms with van der Waals surface area (Å²) in [6.07, 6.45) is 7.51. The first-order valence-corrected chi connectivity index (χ1v) is 6.24. The summed E-state index contributed by atoms with van der Waals surface area (Å²) in [6, 6.07) is 0. The highest BCUT2D eigenvalue weighted by molar-refractivity contribution is 5.06. The third-order valence-electron chi connectivity index (χ3n) is 5.47. The standard InChI is InChI=1S/C13H22O/c1-12(2)10-4-3-9(11(12)7-10)8-13(14)5-6-13/h9-11,14H,3-8H2,1-2H3. The molecule has 4 fully saturated rings. The quantitative estimate of drug-likeness (QED) is 0.716. The summed E-state index contributed by atoms with van der Waals surface area (Å²) in [7, 11) is 0. The van der Waals surface area contributed by atoms with Crippen molar-refractivity contribution in [1.29, 1.82) is 0 Å². The Bertz CT molecular complexity index is 250. The van der Waals surface area contributed by atoms with Gasteiger partial charge in [-0.15, -0.1) is 0 Å². The van der Waals surface area contributed by atoms with E-state index in [-0.39, 0.29) is 5.60 Å². The molecular formula is C13H22O. The molecule has 0 spiro atoms. The normalized spacial score (nSPS) is 46.9. The molecule has 0 radical (unpaired) electrons. The lowest BCUT2D eigenvalue weighted by atomic mass is 9.45. The van der Waals surface area contributed by atoms with Gasteiger partial charge in [-0.25, -0.2) is 0 Å². The molecule has 14 heavy (non-hydrogen) atoms. The molecule has 3 atom stereocenters. The SMILES string of the molecule is CC1(C)C2CCC(CC3(O)CC3)C1C2. The first-order chi connectivity index (χ1) is 6.51. The fourth-order valence-corrected chi connectivity index (χ4v) is 4.04. The van der Waals surface area contributed by atoms with Crippen LogP contribution < -0.4 is 0 Å². The lowest BCUT2D eigenvalue weighted by molar-refractivity contribution is -0.116. The minimum Gasteiger partial charge on any atom is -0.390 e. The molecule has 0 aromatic carbocycles. The van der Waals surface area contributed by atoms with E-state index in [1.807, 2.05) is 0 Å². The zero-order chi connectivity index (χ0) is 9.97. The van der Waals surface area contributed by atoms with Gasteiger partial charge in [-0.3, -0.25) is 0 Å². The maximum Gasteiger partial charge on any atom is 0.0652 e. The van der Waals surface area contributed by atoms with Crippen LogP contribution >= 0.6 is 0 Å². The van der Waals surface area contributed by atoms with Gasteiger partial charge in [0.2, 0.25) is 0 Å². The lowest BCUT2D eigenvalue weighted by Gasteiger charge is -2.60. The maximum absolute atomic E-state index is 9.99. The van der Waals surface area contributed by atoms with Crippen LogP contribution in [0.4, 0.5) is 0 Å². The number of fused-ring (bicyclic) bond motifs is 2. The average molecular weight is 194 g/mol. The molecule has 1 nitrogen and oxygen atoms in total. The van der Waals surface area contributed by atoms with Crippen molar-refractivity contribution in [3.63, 3.8) is 0 Å². The Kier molecular flexibility index (Phi) is 1.68. The molecule has 0 aliphatic heterocycles. The third kappa shape index (κ3) is 1.18. The molecule has 4 rings (SSSR count). The van der Waals surface area contributed by atoms with Crippen LogP contribution in [-0.4, -0.2) is 10.7 Å². The second-order valence-corrected chi connectivity index (χ2v) is 6.63. The Hall–Kier alpha value is -0.0400. The fourth-order valence-electron chi connectivity index (χ4n) is 4.04. The van der Waals surface area contributed by atoms with Gasteiger partial charge in [0.1, 0.15) is 0 Å². The lowest BCUT2D eigenvalue weighted by Crippen LogP contribution is -2.52. The highest BCUT2D eigenvalue weighted by Crippen LogP contribution is 2.63. The molecule has 0 heterocycles. The zero-order valence-corrected chi connectivity index (χ0v) is 9.42. The maximum atomic E-state index is 9.99. The topological polar surface area (TPSA) is 20.2 Å². The number of rotatable bonds is 2. The molecule has 4 saturated carbocycles. The van der Waals surface area contributed by atoms with Crippen molar-refractivity contribution in [2.75, 3.05) is 0 Å². The van der Waals surface area contributed by atoms with Crippen LogP contribution in [0.25, 0.3) is 0 Å². The van der Waals surface area contributed by atoms with Crippen molar-refractivity contribution in [3.8, 4) is 0 Å². The second-order valence-electron chi connectivity index (χ2n) is 6.63. The van der Waals surface area contributed by atoms with Crippen molar-refractivity contribution >= 4 is 0 Å². The summed E-state index contributed by atoms with van der Waals surface area (Å²) < 4.78 is 0. The molecule has 0 amide bonds. The Morgan fingerprint density at radius 1 is 1.21 bits per heavy atom. The van der Waals surface area contributed by atoms with Crippen LogP contribution in [0.5, 0.6) is 0 Å². The average Bonchev–Trinajstić information content (AvgIpc) is 2.83. The number of aliphatic hydroxyl groups is 1. The first-order valence-electron chi connectivity index (χ1n) is 6.24. The predicted octanol–water partition coefficient (Wildman–Crippen LogP) is 2.97. The van der Waals surface area contributed by atoms with Gasteiger partial charge in [-0.1, -0.05) is 13.8 Å². The van der Waals surface area contributed by atoms with Crippen LogP contribution in [-0.2, 0) is 0 Å². The summed E-state index contributed by atoms with van der Waals surface area (Å²) >= 11 is 0. The summed E-state index contributed by atoms with van der Waals surface area (Å²) in [4.78, 5) is 0. The van der Waals surface area contributed by atoms with Gasteiger partial charge in [-0.05, 0) is 61.7 Å². The summed E-state index contributed by atoms with van der Waals surface area (Å²) in [5.41, 5.74) is 0.372. The molecule has 3 unspecified atom stereocenters. The minimum atomic E-state index is -0.219. The van der Waals surface area contributed by atoms with Gasteiger partial charge in [0.05, 0.1) is 5.60 Å². The number of hydrogen-bond donors (Lipinski definition) is 1. The van der Waals surface area contributed by atoms with Gasteiger partial charge in [0, 0.05) is 0 Å². The van der Waals surface area contributed by atoms with E-state index in [4.69, 9.17) is 0 Å². The molecule has 0 aromatic rings. The molecule has 0 saturated heterocycles. The zero-order valence-electron chi connectivity index (χ0n) is 9.42. The summed E-state index contributed by atoms with van der Waals surface area (Å²) in [6.45, 7) is 4.88. The fraction of sp³-hybridized carbons (Fsp3) is 1.00. The second kappa shape index (κ2) is 2.55. The smallest absolute Gasteiger partial charge is 0.0652 e. The van der Waals surface area contributed by atoms with Gasteiger partial charge >= 0.3 is 0 Å². The van der Waals surface area contributed by atoms with E-state index in [9.17, 15) is 5.11 Å². The van der Waals surface area contributed by atoms with Gasteiger partial charge in [0.25, 0.3) is 0 Å². The molecule has 2 bridgehead atoms. The van der Waals surface area contributed by atoms with E-state index in [1.54, 1.807) is 0 Å². The van der Waals surface area contributed by atoms with E-state index >= 15 is 0 Å². The van der Waals surface area contributed by atoms with E-state index in [2.05, 4.69) is 13.8 Å². The molecule has 0 aromatic heterocycles. The minimum absolute atomic E-state index is 0.219. The molecule has 80 valence electrons. The van der Waals surface area contributed by atoms with Gasteiger partial charge in [-0.2, -0.15) is 0 Å². The van der Waals surface area contributed by atoms with Crippen LogP contribution in [0.3, 0.4) is 0 Å².